The molecule has 0 saturated carbocycles. The quantitative estimate of drug-likeness (QED) is 0.548. The summed E-state index contributed by atoms with van der Waals surface area (Å²) >= 11 is 0. The van der Waals surface area contributed by atoms with Gasteiger partial charge in [0.05, 0.1) is 16.0 Å². The number of benzene rings is 2. The molecule has 2 amide bonds. The van der Waals surface area contributed by atoms with Crippen LogP contribution in [0.5, 0.6) is 0 Å². The largest absolute Gasteiger partial charge is 0.449 e. The van der Waals surface area contributed by atoms with Crippen LogP contribution in [0.2, 0.25) is 0 Å². The fourth-order valence-corrected chi connectivity index (χ4v) is 3.64. The van der Waals surface area contributed by atoms with Crippen molar-refractivity contribution in [2.45, 2.75) is 24.8 Å². The Morgan fingerprint density at radius 2 is 1.68 bits per heavy atom. The standard InChI is InChI=1S/C20H18N4O6S/c1-12(30-20(27)16-4-3-5-17-18(16)22-11-10-21-17)19(26)23-14-6-8-15(9-7-14)31(28,29)24-13(2)25/h3-12H,1-2H3,(H,23,26)(H,24,25). The van der Waals surface area contributed by atoms with Crippen LogP contribution in [0.4, 0.5) is 5.69 Å². The Balaban J connectivity index is 1.66. The highest BCUT2D eigenvalue weighted by atomic mass is 32.2. The van der Waals surface area contributed by atoms with Crippen molar-refractivity contribution in [3.63, 3.8) is 0 Å². The number of hydrogen-bond acceptors (Lipinski definition) is 8. The van der Waals surface area contributed by atoms with E-state index < -0.39 is 33.9 Å². The molecule has 0 spiro atoms. The maximum atomic E-state index is 12.5. The molecule has 0 fully saturated rings. The SMILES string of the molecule is CC(=O)NS(=O)(=O)c1ccc(NC(=O)C(C)OC(=O)c2cccc3nccnc23)cc1. The van der Waals surface area contributed by atoms with Gasteiger partial charge in [-0.1, -0.05) is 6.07 Å². The Kier molecular flexibility index (Phi) is 6.25. The maximum Gasteiger partial charge on any atom is 0.341 e. The second kappa shape index (κ2) is 8.88. The number of hydrogen-bond donors (Lipinski definition) is 2. The molecule has 0 aliphatic carbocycles. The average Bonchev–Trinajstić information content (AvgIpc) is 2.72. The van der Waals surface area contributed by atoms with Gasteiger partial charge in [0.25, 0.3) is 15.9 Å². The Hall–Kier alpha value is -3.86. The molecule has 31 heavy (non-hydrogen) atoms. The number of para-hydroxylation sites is 1. The summed E-state index contributed by atoms with van der Waals surface area (Å²) in [6.45, 7) is 2.49. The molecule has 160 valence electrons. The Bertz CT molecular complexity index is 1250. The number of nitrogens with one attached hydrogen (secondary N) is 2. The predicted molar refractivity (Wildman–Crippen MR) is 110 cm³/mol. The van der Waals surface area contributed by atoms with Crippen LogP contribution in [0, 0.1) is 0 Å². The lowest BCUT2D eigenvalue weighted by Crippen LogP contribution is -2.30. The number of carbonyl (C=O) groups is 3. The average molecular weight is 442 g/mol. The number of anilines is 1. The van der Waals surface area contributed by atoms with E-state index in [1.807, 2.05) is 4.72 Å². The van der Waals surface area contributed by atoms with Crippen LogP contribution >= 0.6 is 0 Å². The van der Waals surface area contributed by atoms with E-state index in [1.54, 1.807) is 12.1 Å². The first kappa shape index (κ1) is 21.8. The molecule has 3 rings (SSSR count). The Morgan fingerprint density at radius 3 is 2.35 bits per heavy atom. The molecule has 11 heteroatoms. The van der Waals surface area contributed by atoms with Gasteiger partial charge in [0.15, 0.2) is 6.10 Å². The van der Waals surface area contributed by atoms with Crippen LogP contribution in [-0.4, -0.2) is 42.3 Å². The minimum Gasteiger partial charge on any atom is -0.449 e. The van der Waals surface area contributed by atoms with Gasteiger partial charge in [-0.05, 0) is 43.3 Å². The summed E-state index contributed by atoms with van der Waals surface area (Å²) < 4.78 is 31.0. The molecule has 0 aliphatic heterocycles. The fraction of sp³-hybridized carbons (Fsp3) is 0.150. The lowest BCUT2D eigenvalue weighted by molar-refractivity contribution is -0.123. The van der Waals surface area contributed by atoms with Crippen molar-refractivity contribution in [1.29, 1.82) is 0 Å². The van der Waals surface area contributed by atoms with Gasteiger partial charge in [0.2, 0.25) is 5.91 Å². The third-order valence-electron chi connectivity index (χ3n) is 4.08. The first-order valence-corrected chi connectivity index (χ1v) is 10.5. The monoisotopic (exact) mass is 442 g/mol. The predicted octanol–water partition coefficient (Wildman–Crippen LogP) is 1.64. The van der Waals surface area contributed by atoms with E-state index >= 15 is 0 Å². The minimum atomic E-state index is -3.98. The molecule has 1 atom stereocenters. The lowest BCUT2D eigenvalue weighted by atomic mass is 10.2. The van der Waals surface area contributed by atoms with E-state index in [4.69, 9.17) is 4.74 Å². The second-order valence-corrected chi connectivity index (χ2v) is 8.13. The molecule has 0 aliphatic rings. The van der Waals surface area contributed by atoms with Gasteiger partial charge in [0, 0.05) is 25.0 Å². The molecule has 0 saturated heterocycles. The molecule has 1 aromatic heterocycles. The first-order chi connectivity index (χ1) is 14.7. The second-order valence-electron chi connectivity index (χ2n) is 6.45. The lowest BCUT2D eigenvalue weighted by Gasteiger charge is -2.14. The van der Waals surface area contributed by atoms with Gasteiger partial charge < -0.3 is 10.1 Å². The van der Waals surface area contributed by atoms with Crippen LogP contribution in [0.25, 0.3) is 11.0 Å². The molecule has 2 N–H and O–H groups in total. The summed E-state index contributed by atoms with van der Waals surface area (Å²) in [5.74, 6) is -2.06. The number of sulfonamides is 1. The smallest absolute Gasteiger partial charge is 0.341 e. The Morgan fingerprint density at radius 1 is 1.00 bits per heavy atom. The van der Waals surface area contributed by atoms with Gasteiger partial charge >= 0.3 is 5.97 Å². The number of fused-ring (bicyclic) bond motifs is 1. The van der Waals surface area contributed by atoms with Crippen molar-refractivity contribution in [3.8, 4) is 0 Å². The van der Waals surface area contributed by atoms with E-state index in [-0.39, 0.29) is 16.1 Å². The van der Waals surface area contributed by atoms with Crippen LogP contribution in [0.1, 0.15) is 24.2 Å². The number of rotatable bonds is 6. The molecule has 2 aromatic carbocycles. The zero-order valence-electron chi connectivity index (χ0n) is 16.5. The summed E-state index contributed by atoms with van der Waals surface area (Å²) in [5.41, 5.74) is 1.34. The van der Waals surface area contributed by atoms with E-state index in [9.17, 15) is 22.8 Å². The maximum absolute atomic E-state index is 12.5. The first-order valence-electron chi connectivity index (χ1n) is 9.02. The Labute approximate surface area is 177 Å². The van der Waals surface area contributed by atoms with Gasteiger partial charge in [-0.15, -0.1) is 0 Å². The summed E-state index contributed by atoms with van der Waals surface area (Å²) in [4.78, 5) is 44.0. The number of esters is 1. The van der Waals surface area contributed by atoms with Crippen LogP contribution in [-0.2, 0) is 24.3 Å². The third-order valence-corrected chi connectivity index (χ3v) is 5.53. The van der Waals surface area contributed by atoms with Gasteiger partial charge in [-0.25, -0.2) is 17.9 Å². The van der Waals surface area contributed by atoms with Crippen LogP contribution in [0.15, 0.2) is 59.8 Å². The molecule has 10 nitrogen and oxygen atoms in total. The molecular formula is C20H18N4O6S. The zero-order valence-corrected chi connectivity index (χ0v) is 17.3. The van der Waals surface area contributed by atoms with Crippen molar-refractivity contribution in [3.05, 3.63) is 60.4 Å². The number of aromatic nitrogens is 2. The molecular weight excluding hydrogens is 424 g/mol. The van der Waals surface area contributed by atoms with Gasteiger partial charge in [-0.3, -0.25) is 19.6 Å². The number of ether oxygens (including phenoxy) is 1. The minimum absolute atomic E-state index is 0.141. The molecule has 0 bridgehead atoms. The summed E-state index contributed by atoms with van der Waals surface area (Å²) in [6.07, 6.45) is 1.81. The molecule has 1 heterocycles. The van der Waals surface area contributed by atoms with Crippen LogP contribution in [0.3, 0.4) is 0 Å². The molecule has 0 radical (unpaired) electrons. The number of carbonyl (C=O) groups excluding carboxylic acids is 3. The van der Waals surface area contributed by atoms with Crippen molar-refractivity contribution < 1.29 is 27.5 Å². The van der Waals surface area contributed by atoms with Crippen molar-refractivity contribution in [2.75, 3.05) is 5.32 Å². The summed E-state index contributed by atoms with van der Waals surface area (Å²) in [7, 11) is -3.98. The van der Waals surface area contributed by atoms with Gasteiger partial charge in [-0.2, -0.15) is 0 Å². The fourth-order valence-electron chi connectivity index (χ4n) is 2.64. The highest BCUT2D eigenvalue weighted by Gasteiger charge is 2.21. The highest BCUT2D eigenvalue weighted by molar-refractivity contribution is 7.90. The van der Waals surface area contributed by atoms with E-state index in [2.05, 4.69) is 15.3 Å². The number of amides is 2. The van der Waals surface area contributed by atoms with Crippen molar-refractivity contribution in [2.24, 2.45) is 0 Å². The topological polar surface area (TPSA) is 144 Å². The molecule has 3 aromatic rings. The highest BCUT2D eigenvalue weighted by Crippen LogP contribution is 2.17. The van der Waals surface area contributed by atoms with Crippen LogP contribution < -0.4 is 10.0 Å². The number of nitrogens with zero attached hydrogens (tertiary/aromatic N) is 2. The molecule has 1 unspecified atom stereocenters. The van der Waals surface area contributed by atoms with E-state index in [0.717, 1.165) is 6.92 Å². The van der Waals surface area contributed by atoms with Crippen molar-refractivity contribution in [1.82, 2.24) is 14.7 Å². The van der Waals surface area contributed by atoms with Gasteiger partial charge in [0.1, 0.15) is 5.52 Å². The summed E-state index contributed by atoms with van der Waals surface area (Å²) in [6, 6.07) is 10.0. The van der Waals surface area contributed by atoms with Crippen molar-refractivity contribution >= 4 is 44.5 Å². The third kappa shape index (κ3) is 5.20. The normalized spacial score (nSPS) is 12.1. The zero-order chi connectivity index (χ0) is 22.6. The van der Waals surface area contributed by atoms with E-state index in [0.29, 0.717) is 11.0 Å². The summed E-state index contributed by atoms with van der Waals surface area (Å²) in [5, 5.41) is 2.53. The van der Waals surface area contributed by atoms with E-state index in [1.165, 1.54) is 49.6 Å².